The number of hydrogen-bond donors (Lipinski definition) is 4. The van der Waals surface area contributed by atoms with E-state index < -0.39 is 31.0 Å². The monoisotopic (exact) mass is 341 g/mol. The number of aliphatic hydroxyl groups is 3. The van der Waals surface area contributed by atoms with Crippen molar-refractivity contribution < 1.29 is 28.3 Å². The fourth-order valence-corrected chi connectivity index (χ4v) is 2.29. The largest absolute Gasteiger partial charge is 0.394 e. The molecule has 0 spiro atoms. The van der Waals surface area contributed by atoms with Gasteiger partial charge in [0, 0.05) is 6.42 Å². The van der Waals surface area contributed by atoms with Gasteiger partial charge in [0.25, 0.3) is 0 Å². The number of nitrogens with zero attached hydrogens (tertiary/aromatic N) is 4. The molecule has 3 rings (SSSR count). The zero-order valence-electron chi connectivity index (χ0n) is 18.8. The standard InChI is InChI=1S/C15H21N5O4/c1-7(2)3-4-9-19-10-13(16)17-6-18-14(10)20(9)15-12(23)11(22)8(5-21)24-15/h6,8,11-12,15,21-23H,1,3-5H2,2H3,(H2,16,17,18)/t8-,11-,12-,15-/m1/s1/i5D2,8D,11D,12D,15D. The maximum absolute atomic E-state index is 10.7. The molecule has 3 heterocycles. The quantitative estimate of drug-likeness (QED) is 0.535. The molecule has 1 saturated heterocycles. The highest BCUT2D eigenvalue weighted by molar-refractivity contribution is 5.82. The number of allylic oxidation sites excluding steroid dienone is 1. The number of nitrogens with two attached hydrogens (primary N) is 1. The fraction of sp³-hybridized carbons (Fsp3) is 0.533. The fourth-order valence-electron chi connectivity index (χ4n) is 2.29. The molecule has 5 N–H and O–H groups in total. The Kier molecular flexibility index (Phi) is 2.88. The number of imidazole rings is 1. The van der Waals surface area contributed by atoms with Crippen molar-refractivity contribution in [2.45, 2.75) is 44.2 Å². The SMILES string of the molecule is [2H]C([2H])(O)[C@@]1([2H])O[C@@]([2H])(n2c(CCC(=C)C)nc3c(N)ncnc32)[C@]([2H])(O)[C@]1([2H])O. The van der Waals surface area contributed by atoms with Crippen molar-refractivity contribution in [1.29, 1.82) is 0 Å². The number of hydrogen-bond acceptors (Lipinski definition) is 8. The van der Waals surface area contributed by atoms with Gasteiger partial charge in [0.05, 0.1) is 14.8 Å². The Labute approximate surface area is 146 Å². The smallest absolute Gasteiger partial charge is 0.167 e. The zero-order valence-corrected chi connectivity index (χ0v) is 12.8. The molecule has 1 fully saturated rings. The van der Waals surface area contributed by atoms with Gasteiger partial charge in [-0.25, -0.2) is 15.0 Å². The van der Waals surface area contributed by atoms with Crippen molar-refractivity contribution in [1.82, 2.24) is 19.5 Å². The summed E-state index contributed by atoms with van der Waals surface area (Å²) < 4.78 is 53.4. The Balaban J connectivity index is 2.34. The summed E-state index contributed by atoms with van der Waals surface area (Å²) in [4.78, 5) is 11.9. The first-order valence-corrected chi connectivity index (χ1v) is 7.01. The minimum atomic E-state index is -3.82. The third-order valence-corrected chi connectivity index (χ3v) is 3.46. The van der Waals surface area contributed by atoms with E-state index in [0.29, 0.717) is 6.42 Å². The van der Waals surface area contributed by atoms with Crippen LogP contribution in [0.5, 0.6) is 0 Å². The molecule has 9 nitrogen and oxygen atoms in total. The molecule has 1 aliphatic rings. The van der Waals surface area contributed by atoms with E-state index in [-0.39, 0.29) is 29.2 Å². The molecule has 2 aromatic rings. The lowest BCUT2D eigenvalue weighted by Gasteiger charge is -2.19. The summed E-state index contributed by atoms with van der Waals surface area (Å²) in [5, 5.41) is 30.9. The minimum absolute atomic E-state index is 0.0387. The predicted molar refractivity (Wildman–Crippen MR) is 85.9 cm³/mol. The van der Waals surface area contributed by atoms with Crippen molar-refractivity contribution in [3.8, 4) is 0 Å². The highest BCUT2D eigenvalue weighted by Gasteiger charge is 2.44. The van der Waals surface area contributed by atoms with Crippen LogP contribution in [-0.2, 0) is 11.2 Å². The molecule has 24 heavy (non-hydrogen) atoms. The molecule has 4 atom stereocenters. The van der Waals surface area contributed by atoms with Crippen LogP contribution in [-0.4, -0.2) is 59.6 Å². The predicted octanol–water partition coefficient (Wildman–Crippen LogP) is -0.471. The summed E-state index contributed by atoms with van der Waals surface area (Å²) in [6.45, 7) is 1.73. The third kappa shape index (κ3) is 2.75. The summed E-state index contributed by atoms with van der Waals surface area (Å²) in [7, 11) is 0. The van der Waals surface area contributed by atoms with Crippen molar-refractivity contribution in [3.63, 3.8) is 0 Å². The van der Waals surface area contributed by atoms with Crippen molar-refractivity contribution in [3.05, 3.63) is 24.3 Å². The van der Waals surface area contributed by atoms with Gasteiger partial charge in [0.1, 0.15) is 30.4 Å². The molecule has 130 valence electrons. The number of nitrogen functional groups attached to an aromatic ring is 1. The van der Waals surface area contributed by atoms with Crippen LogP contribution in [0.3, 0.4) is 0 Å². The first kappa shape index (κ1) is 10.7. The molecule has 0 saturated carbocycles. The maximum atomic E-state index is 10.7. The number of aryl methyl sites for hydroxylation is 1. The van der Waals surface area contributed by atoms with Gasteiger partial charge in [-0.15, -0.1) is 6.58 Å². The molecule has 0 aromatic carbocycles. The Morgan fingerprint density at radius 1 is 1.50 bits per heavy atom. The van der Waals surface area contributed by atoms with Crippen molar-refractivity contribution >= 4 is 17.0 Å². The van der Waals surface area contributed by atoms with Gasteiger partial charge >= 0.3 is 0 Å². The first-order chi connectivity index (χ1) is 13.5. The van der Waals surface area contributed by atoms with Gasteiger partial charge < -0.3 is 25.8 Å². The van der Waals surface area contributed by atoms with E-state index in [9.17, 15) is 15.3 Å². The van der Waals surface area contributed by atoms with E-state index >= 15 is 0 Å². The minimum Gasteiger partial charge on any atom is -0.394 e. The topological polar surface area (TPSA) is 140 Å². The number of ether oxygens (including phenoxy) is 1. The molecular weight excluding hydrogens is 314 g/mol. The number of fused-ring (bicyclic) bond motifs is 1. The van der Waals surface area contributed by atoms with Gasteiger partial charge in [-0.1, -0.05) is 5.57 Å². The molecule has 0 radical (unpaired) electrons. The van der Waals surface area contributed by atoms with Crippen LogP contribution in [0.4, 0.5) is 5.82 Å². The van der Waals surface area contributed by atoms with E-state index in [4.69, 9.17) is 18.7 Å². The normalized spacial score (nSPS) is 43.5. The molecule has 0 amide bonds. The van der Waals surface area contributed by atoms with E-state index in [1.54, 1.807) is 6.92 Å². The summed E-state index contributed by atoms with van der Waals surface area (Å²) >= 11 is 0. The Morgan fingerprint density at radius 3 is 2.88 bits per heavy atom. The second kappa shape index (κ2) is 6.44. The summed E-state index contributed by atoms with van der Waals surface area (Å²) in [6.07, 6.45) is -13.0. The zero-order chi connectivity index (χ0) is 22.9. The molecular formula is C15H21N5O4. The first-order valence-electron chi connectivity index (χ1n) is 10.0. The van der Waals surface area contributed by atoms with Crippen molar-refractivity contribution in [2.24, 2.45) is 0 Å². The second-order valence-corrected chi connectivity index (χ2v) is 5.30. The molecule has 0 bridgehead atoms. The average Bonchev–Trinajstić information content (AvgIpc) is 3.02. The third-order valence-electron chi connectivity index (χ3n) is 3.46. The van der Waals surface area contributed by atoms with Crippen LogP contribution in [0.25, 0.3) is 11.2 Å². The molecule has 0 aliphatic carbocycles. The lowest BCUT2D eigenvalue weighted by Crippen LogP contribution is -2.33. The molecule has 0 unspecified atom stereocenters. The lowest BCUT2D eigenvalue weighted by molar-refractivity contribution is -0.0522. The lowest BCUT2D eigenvalue weighted by atomic mass is 10.1. The van der Waals surface area contributed by atoms with Crippen molar-refractivity contribution in [2.75, 3.05) is 12.3 Å². The van der Waals surface area contributed by atoms with E-state index in [2.05, 4.69) is 21.5 Å². The van der Waals surface area contributed by atoms with Crippen LogP contribution in [0, 0.1) is 0 Å². The van der Waals surface area contributed by atoms with Crippen LogP contribution in [0.2, 0.25) is 0 Å². The van der Waals surface area contributed by atoms with Gasteiger partial charge in [-0.05, 0) is 13.3 Å². The number of anilines is 1. The molecule has 1 aliphatic heterocycles. The van der Waals surface area contributed by atoms with E-state index in [0.717, 1.165) is 16.5 Å². The summed E-state index contributed by atoms with van der Waals surface area (Å²) in [5.41, 5.74) is 6.26. The van der Waals surface area contributed by atoms with Gasteiger partial charge in [0.2, 0.25) is 0 Å². The highest BCUT2D eigenvalue weighted by Crippen LogP contribution is 2.33. The molecule has 2 aromatic heterocycles. The van der Waals surface area contributed by atoms with Crippen LogP contribution in [0.15, 0.2) is 18.5 Å². The van der Waals surface area contributed by atoms with E-state index in [1.807, 2.05) is 0 Å². The molecule has 9 heteroatoms. The van der Waals surface area contributed by atoms with E-state index in [1.165, 1.54) is 0 Å². The second-order valence-electron chi connectivity index (χ2n) is 5.30. The van der Waals surface area contributed by atoms with Crippen LogP contribution in [0.1, 0.15) is 33.6 Å². The van der Waals surface area contributed by atoms with Gasteiger partial charge in [-0.2, -0.15) is 0 Å². The van der Waals surface area contributed by atoms with Gasteiger partial charge in [0.15, 0.2) is 23.2 Å². The highest BCUT2D eigenvalue weighted by atomic mass is 16.6. The number of aromatic nitrogens is 4. The number of rotatable bonds is 5. The summed E-state index contributed by atoms with van der Waals surface area (Å²) in [6, 6.07) is 0. The van der Waals surface area contributed by atoms with Crippen LogP contribution >= 0.6 is 0 Å². The van der Waals surface area contributed by atoms with Crippen LogP contribution < -0.4 is 5.73 Å². The Morgan fingerprint density at radius 2 is 2.25 bits per heavy atom. The Bertz CT molecular complexity index is 1020. The van der Waals surface area contributed by atoms with Gasteiger partial charge in [-0.3, -0.25) is 4.57 Å². The average molecular weight is 341 g/mol. The maximum Gasteiger partial charge on any atom is 0.167 e. The summed E-state index contributed by atoms with van der Waals surface area (Å²) in [5.74, 6) is -0.152. The Hall–Kier alpha value is -2.07.